The molecule has 0 aliphatic rings. The van der Waals surface area contributed by atoms with Gasteiger partial charge in [0.15, 0.2) is 17.0 Å². The third-order valence-corrected chi connectivity index (χ3v) is 3.96. The van der Waals surface area contributed by atoms with E-state index in [2.05, 4.69) is 29.7 Å². The van der Waals surface area contributed by atoms with Gasteiger partial charge in [0.1, 0.15) is 5.92 Å². The molecule has 1 atom stereocenters. The summed E-state index contributed by atoms with van der Waals surface area (Å²) in [6.07, 6.45) is 2.94. The third kappa shape index (κ3) is 3.77. The van der Waals surface area contributed by atoms with Crippen LogP contribution in [0.15, 0.2) is 24.5 Å². The van der Waals surface area contributed by atoms with Gasteiger partial charge in [-0.2, -0.15) is 9.97 Å². The molecule has 0 spiro atoms. The maximum atomic E-state index is 12.3. The Kier molecular flexibility index (Phi) is 5.25. The molecule has 0 amide bonds. The van der Waals surface area contributed by atoms with Crippen LogP contribution in [0.25, 0.3) is 11.2 Å². The smallest absolute Gasteiger partial charge is 0.339 e. The lowest BCUT2D eigenvalue weighted by molar-refractivity contribution is -0.142. The van der Waals surface area contributed by atoms with Crippen molar-refractivity contribution in [1.29, 1.82) is 0 Å². The van der Waals surface area contributed by atoms with E-state index >= 15 is 0 Å². The number of aromatic nitrogens is 5. The lowest BCUT2D eigenvalue weighted by Crippen LogP contribution is -2.19. The van der Waals surface area contributed by atoms with E-state index in [0.717, 1.165) is 0 Å². The first-order valence-corrected chi connectivity index (χ1v) is 8.09. The van der Waals surface area contributed by atoms with Crippen LogP contribution in [0, 0.1) is 0 Å². The minimum Gasteiger partial charge on any atom is -0.468 e. The summed E-state index contributed by atoms with van der Waals surface area (Å²) < 4.78 is 9.52. The molecule has 0 aliphatic carbocycles. The van der Waals surface area contributed by atoms with Crippen molar-refractivity contribution >= 4 is 34.9 Å². The van der Waals surface area contributed by atoms with E-state index in [1.54, 1.807) is 6.07 Å². The number of carbonyl (C=O) groups excluding carboxylic acids is 2. The number of fused-ring (bicyclic) bond motifs is 1. The number of nitrogens with two attached hydrogens (primary N) is 2. The predicted octanol–water partition coefficient (Wildman–Crippen LogP) is 0.265. The maximum Gasteiger partial charge on any atom is 0.339 e. The normalized spacial score (nSPS) is 11.8. The first-order valence-electron chi connectivity index (χ1n) is 8.09. The lowest BCUT2D eigenvalue weighted by atomic mass is 9.98. The van der Waals surface area contributed by atoms with Crippen LogP contribution in [-0.2, 0) is 20.7 Å². The van der Waals surface area contributed by atoms with Crippen LogP contribution in [0.5, 0.6) is 0 Å². The summed E-state index contributed by atoms with van der Waals surface area (Å²) in [7, 11) is 2.55. The van der Waals surface area contributed by atoms with Crippen LogP contribution in [0.1, 0.15) is 27.7 Å². The molecule has 0 aromatic carbocycles. The molecule has 11 nitrogen and oxygen atoms in total. The number of hydrogen-bond acceptors (Lipinski definition) is 11. The van der Waals surface area contributed by atoms with Gasteiger partial charge in [-0.3, -0.25) is 9.78 Å². The number of esters is 2. The quantitative estimate of drug-likeness (QED) is 0.579. The summed E-state index contributed by atoms with van der Waals surface area (Å²) in [4.78, 5) is 44.4. The maximum absolute atomic E-state index is 12.3. The molecule has 144 valence electrons. The lowest BCUT2D eigenvalue weighted by Gasteiger charge is -2.14. The molecule has 3 aromatic rings. The Morgan fingerprint density at radius 3 is 2.46 bits per heavy atom. The molecule has 3 rings (SSSR count). The zero-order valence-electron chi connectivity index (χ0n) is 15.1. The molecule has 0 saturated carbocycles. The third-order valence-electron chi connectivity index (χ3n) is 3.96. The molecule has 0 saturated heterocycles. The summed E-state index contributed by atoms with van der Waals surface area (Å²) in [6, 6.07) is 3.07. The van der Waals surface area contributed by atoms with E-state index in [1.165, 1.54) is 32.7 Å². The number of carbonyl (C=O) groups is 2. The van der Waals surface area contributed by atoms with Gasteiger partial charge in [0.2, 0.25) is 5.95 Å². The molecule has 0 fully saturated rings. The fourth-order valence-corrected chi connectivity index (χ4v) is 2.59. The largest absolute Gasteiger partial charge is 0.468 e. The van der Waals surface area contributed by atoms with Gasteiger partial charge in [-0.1, -0.05) is 0 Å². The number of rotatable bonds is 5. The molecular weight excluding hydrogens is 366 g/mol. The van der Waals surface area contributed by atoms with Crippen molar-refractivity contribution in [1.82, 2.24) is 24.9 Å². The van der Waals surface area contributed by atoms with Crippen molar-refractivity contribution in [2.75, 3.05) is 25.7 Å². The van der Waals surface area contributed by atoms with Crippen LogP contribution in [0.3, 0.4) is 0 Å². The second-order valence-corrected chi connectivity index (χ2v) is 5.74. The van der Waals surface area contributed by atoms with Crippen LogP contribution >= 0.6 is 0 Å². The fourth-order valence-electron chi connectivity index (χ4n) is 2.59. The van der Waals surface area contributed by atoms with Crippen molar-refractivity contribution in [3.63, 3.8) is 0 Å². The van der Waals surface area contributed by atoms with E-state index in [4.69, 9.17) is 16.2 Å². The Balaban J connectivity index is 1.94. The van der Waals surface area contributed by atoms with Gasteiger partial charge < -0.3 is 20.9 Å². The summed E-state index contributed by atoms with van der Waals surface area (Å²) >= 11 is 0. The zero-order chi connectivity index (χ0) is 20.3. The van der Waals surface area contributed by atoms with Crippen molar-refractivity contribution in [3.8, 4) is 0 Å². The average molecular weight is 383 g/mol. The average Bonchev–Trinajstić information content (AvgIpc) is 2.71. The number of ether oxygens (including phenoxy) is 2. The van der Waals surface area contributed by atoms with E-state index < -0.39 is 17.9 Å². The van der Waals surface area contributed by atoms with Crippen molar-refractivity contribution in [2.45, 2.75) is 12.3 Å². The number of pyridine rings is 1. The van der Waals surface area contributed by atoms with Crippen molar-refractivity contribution < 1.29 is 19.1 Å². The highest BCUT2D eigenvalue weighted by Crippen LogP contribution is 2.22. The number of nitrogen functional groups attached to an aromatic ring is 2. The highest BCUT2D eigenvalue weighted by molar-refractivity contribution is 5.89. The topological polar surface area (TPSA) is 169 Å². The monoisotopic (exact) mass is 383 g/mol. The Bertz CT molecular complexity index is 1040. The molecule has 1 unspecified atom stereocenters. The number of anilines is 2. The Morgan fingerprint density at radius 1 is 1.04 bits per heavy atom. The van der Waals surface area contributed by atoms with E-state index in [1.807, 2.05) is 0 Å². The first kappa shape index (κ1) is 18.9. The first-order chi connectivity index (χ1) is 13.4. The van der Waals surface area contributed by atoms with Gasteiger partial charge in [-0.25, -0.2) is 14.8 Å². The molecule has 0 aliphatic heterocycles. The van der Waals surface area contributed by atoms with Gasteiger partial charge in [0.25, 0.3) is 0 Å². The van der Waals surface area contributed by atoms with E-state index in [9.17, 15) is 9.59 Å². The van der Waals surface area contributed by atoms with Crippen LogP contribution in [0.2, 0.25) is 0 Å². The fraction of sp³-hybridized carbons (Fsp3) is 0.235. The Hall–Kier alpha value is -3.89. The summed E-state index contributed by atoms with van der Waals surface area (Å²) in [6.45, 7) is 0. The van der Waals surface area contributed by atoms with E-state index in [0.29, 0.717) is 11.4 Å². The standard InChI is InChI=1S/C17H17N7O4/c1-27-15(25)8-3-4-11(20-6-8)10(16(26)28-2)5-9-7-21-14-12(22-9)13(18)23-17(19)24-14/h3-4,6-7,10H,5H2,1-2H3,(H4,18,19,21,23,24). The molecule has 0 bridgehead atoms. The molecular formula is C17H17N7O4. The molecule has 3 heterocycles. The van der Waals surface area contributed by atoms with Crippen LogP contribution in [-0.4, -0.2) is 51.1 Å². The van der Waals surface area contributed by atoms with Crippen LogP contribution < -0.4 is 11.5 Å². The Morgan fingerprint density at radius 2 is 1.82 bits per heavy atom. The highest BCUT2D eigenvalue weighted by Gasteiger charge is 2.25. The Labute approximate surface area is 159 Å². The molecule has 0 radical (unpaired) electrons. The van der Waals surface area contributed by atoms with Crippen LogP contribution in [0.4, 0.5) is 11.8 Å². The number of hydrogen-bond donors (Lipinski definition) is 2. The van der Waals surface area contributed by atoms with Gasteiger partial charge in [0, 0.05) is 12.6 Å². The summed E-state index contributed by atoms with van der Waals surface area (Å²) in [5.41, 5.74) is 13.0. The second-order valence-electron chi connectivity index (χ2n) is 5.74. The van der Waals surface area contributed by atoms with Gasteiger partial charge in [0.05, 0.1) is 37.4 Å². The zero-order valence-corrected chi connectivity index (χ0v) is 15.1. The van der Waals surface area contributed by atoms with Gasteiger partial charge in [-0.05, 0) is 12.1 Å². The van der Waals surface area contributed by atoms with E-state index in [-0.39, 0.29) is 34.9 Å². The summed E-state index contributed by atoms with van der Waals surface area (Å²) in [5, 5.41) is 0. The van der Waals surface area contributed by atoms with Gasteiger partial charge >= 0.3 is 11.9 Å². The molecule has 11 heteroatoms. The highest BCUT2D eigenvalue weighted by atomic mass is 16.5. The minimum atomic E-state index is -0.764. The second kappa shape index (κ2) is 7.78. The number of methoxy groups -OCH3 is 2. The molecule has 3 aromatic heterocycles. The molecule has 28 heavy (non-hydrogen) atoms. The van der Waals surface area contributed by atoms with Gasteiger partial charge in [-0.15, -0.1) is 0 Å². The summed E-state index contributed by atoms with van der Waals surface area (Å²) in [5.74, 6) is -1.72. The molecule has 4 N–H and O–H groups in total. The minimum absolute atomic E-state index is 0.00520. The predicted molar refractivity (Wildman–Crippen MR) is 98.0 cm³/mol. The van der Waals surface area contributed by atoms with Crippen molar-refractivity contribution in [3.05, 3.63) is 41.5 Å². The van der Waals surface area contributed by atoms with Crippen molar-refractivity contribution in [2.24, 2.45) is 0 Å². The SMILES string of the molecule is COC(=O)c1ccc(C(Cc2cnc3nc(N)nc(N)c3n2)C(=O)OC)nc1. The number of nitrogens with zero attached hydrogens (tertiary/aromatic N) is 5.